The molecule has 2 aromatic rings. The summed E-state index contributed by atoms with van der Waals surface area (Å²) < 4.78 is 35.5. The molecular weight excluding hydrogens is 711 g/mol. The van der Waals surface area contributed by atoms with E-state index in [0.717, 1.165) is 29.8 Å². The second kappa shape index (κ2) is 16.3. The molecule has 1 saturated heterocycles. The maximum absolute atomic E-state index is 14.5. The number of hydrogen-bond acceptors (Lipinski definition) is 11. The van der Waals surface area contributed by atoms with Crippen molar-refractivity contribution in [1.82, 2.24) is 5.32 Å². The van der Waals surface area contributed by atoms with E-state index in [2.05, 4.69) is 35.9 Å². The van der Waals surface area contributed by atoms with Crippen LogP contribution in [0, 0.1) is 34.5 Å². The zero-order chi connectivity index (χ0) is 39.8. The molecule has 6 N–H and O–H groups in total. The summed E-state index contributed by atoms with van der Waals surface area (Å²) in [6.45, 7) is 13.6. The third kappa shape index (κ3) is 7.79. The van der Waals surface area contributed by atoms with Gasteiger partial charge < -0.3 is 50.1 Å². The number of carbonyl (C=O) groups is 1. The number of nitrogens with one attached hydrogen (secondary N) is 4. The lowest BCUT2D eigenvalue weighted by Gasteiger charge is -2.64. The average Bonchev–Trinajstić information content (AvgIpc) is 3.81. The van der Waals surface area contributed by atoms with Crippen molar-refractivity contribution >= 4 is 28.7 Å². The van der Waals surface area contributed by atoms with E-state index in [1.807, 2.05) is 51.1 Å². The first-order valence-corrected chi connectivity index (χ1v) is 20.5. The topological polar surface area (TPSA) is 162 Å². The fraction of sp³-hybridized carbons (Fsp3) is 0.636. The molecule has 306 valence electrons. The molecule has 1 heterocycles. The highest BCUT2D eigenvalue weighted by Gasteiger charge is 2.83. The number of nitrogens with two attached hydrogens (primary N) is 1. The summed E-state index contributed by atoms with van der Waals surface area (Å²) >= 11 is 0. The normalized spacial score (nSPS) is 29.8. The van der Waals surface area contributed by atoms with E-state index in [1.54, 1.807) is 20.3 Å². The highest BCUT2D eigenvalue weighted by Crippen LogP contribution is 2.80. The maximum atomic E-state index is 14.5. The van der Waals surface area contributed by atoms with Gasteiger partial charge in [0.2, 0.25) is 0 Å². The van der Waals surface area contributed by atoms with E-state index >= 15 is 0 Å². The summed E-state index contributed by atoms with van der Waals surface area (Å²) in [6, 6.07) is 11.7. The molecule has 0 radical (unpaired) electrons. The van der Waals surface area contributed by atoms with Crippen LogP contribution in [0.1, 0.15) is 83.8 Å². The van der Waals surface area contributed by atoms with E-state index in [9.17, 15) is 10.2 Å². The van der Waals surface area contributed by atoms with Crippen molar-refractivity contribution in [3.05, 3.63) is 53.6 Å². The van der Waals surface area contributed by atoms with Gasteiger partial charge in [0.1, 0.15) is 23.3 Å². The first kappa shape index (κ1) is 40.5. The zero-order valence-electron chi connectivity index (χ0n) is 34.3. The van der Waals surface area contributed by atoms with Crippen molar-refractivity contribution in [3.8, 4) is 11.5 Å². The van der Waals surface area contributed by atoms with E-state index < -0.39 is 11.4 Å². The van der Waals surface area contributed by atoms with Crippen molar-refractivity contribution in [3.63, 3.8) is 0 Å². The summed E-state index contributed by atoms with van der Waals surface area (Å²) in [5, 5.41) is 19.9. The van der Waals surface area contributed by atoms with Gasteiger partial charge in [-0.3, -0.25) is 10.2 Å². The smallest absolute Gasteiger partial charge is 0.269 e. The van der Waals surface area contributed by atoms with Gasteiger partial charge in [0.25, 0.3) is 5.91 Å². The van der Waals surface area contributed by atoms with Gasteiger partial charge in [-0.25, -0.2) is 0 Å². The van der Waals surface area contributed by atoms with Crippen LogP contribution in [0.2, 0.25) is 0 Å². The molecular formula is C44H63N5O7. The molecule has 1 amide bonds. The molecule has 56 heavy (non-hydrogen) atoms. The SMILES string of the molecule is COc1cccc(OC)c1/C(=C/C(=N)C(=O)NC1(C2OC2OC(C)(C)C)C2CC3CC4CC1C2(C3)C4)Nc1ccc(NCCOCCOCCN)cc1C(C)C. The fourth-order valence-electron chi connectivity index (χ4n) is 11.0. The predicted octanol–water partition coefficient (Wildman–Crippen LogP) is 6.55. The largest absolute Gasteiger partial charge is 0.496 e. The molecule has 2 aromatic carbocycles. The minimum Gasteiger partial charge on any atom is -0.496 e. The Labute approximate surface area is 332 Å². The van der Waals surface area contributed by atoms with E-state index in [4.69, 9.17) is 34.2 Å². The number of fused-ring (bicyclic) bond motifs is 2. The molecule has 6 unspecified atom stereocenters. The first-order chi connectivity index (χ1) is 26.8. The summed E-state index contributed by atoms with van der Waals surface area (Å²) in [5.74, 6) is 2.90. The van der Waals surface area contributed by atoms with E-state index in [1.165, 1.54) is 19.3 Å². The van der Waals surface area contributed by atoms with Gasteiger partial charge in [0, 0.05) is 24.5 Å². The molecule has 4 saturated carbocycles. The van der Waals surface area contributed by atoms with Crippen LogP contribution in [0.25, 0.3) is 5.70 Å². The molecule has 12 heteroatoms. The number of carbonyl (C=O) groups excluding carboxylic acids is 1. The van der Waals surface area contributed by atoms with Crippen LogP contribution in [0.3, 0.4) is 0 Å². The quantitative estimate of drug-likeness (QED) is 0.0567. The van der Waals surface area contributed by atoms with Crippen molar-refractivity contribution in [2.75, 3.05) is 64.4 Å². The summed E-state index contributed by atoms with van der Waals surface area (Å²) in [4.78, 5) is 14.5. The monoisotopic (exact) mass is 773 g/mol. The van der Waals surface area contributed by atoms with Crippen LogP contribution in [0.15, 0.2) is 42.5 Å². The first-order valence-electron chi connectivity index (χ1n) is 20.5. The minimum atomic E-state index is -0.552. The Balaban J connectivity index is 1.15. The van der Waals surface area contributed by atoms with Gasteiger partial charge in [-0.15, -0.1) is 0 Å². The molecule has 12 nitrogen and oxygen atoms in total. The van der Waals surface area contributed by atoms with Crippen LogP contribution < -0.4 is 31.2 Å². The van der Waals surface area contributed by atoms with Crippen molar-refractivity contribution in [1.29, 1.82) is 5.41 Å². The molecule has 3 bridgehead atoms. The van der Waals surface area contributed by atoms with Crippen LogP contribution in [0.5, 0.6) is 11.5 Å². The van der Waals surface area contributed by atoms with Crippen molar-refractivity contribution in [2.45, 2.75) is 96.2 Å². The van der Waals surface area contributed by atoms with Crippen LogP contribution in [-0.4, -0.2) is 88.9 Å². The molecule has 5 fully saturated rings. The number of anilines is 2. The van der Waals surface area contributed by atoms with Crippen LogP contribution >= 0.6 is 0 Å². The van der Waals surface area contributed by atoms with E-state index in [-0.39, 0.29) is 35.0 Å². The predicted molar refractivity (Wildman–Crippen MR) is 218 cm³/mol. The van der Waals surface area contributed by atoms with Crippen molar-refractivity contribution < 1.29 is 33.2 Å². The number of epoxide rings is 1. The lowest BCUT2D eigenvalue weighted by atomic mass is 9.44. The molecule has 1 spiro atoms. The number of methoxy groups -OCH3 is 2. The standard InChI is InChI=1S/C44H63N5O7/c1-26(2)30-22-29(47-14-16-54-18-17-53-15-13-45)11-12-32(30)48-33(38-34(51-6)9-8-10-35(38)52-7)23-31(46)40(50)49-44(39-41(55-39)56-42(3,4)5)36-20-27-19-28-21-37(44)43(36,24-27)25-28/h8-12,22-23,26-28,36-37,39,41,46-48H,13-21,24-25,45H2,1-7H3,(H,49,50)/b33-23-,46-31?. The molecule has 5 aliphatic rings. The second-order valence-corrected chi connectivity index (χ2v) is 17.8. The summed E-state index contributed by atoms with van der Waals surface area (Å²) in [6.07, 6.45) is 7.01. The van der Waals surface area contributed by atoms with Gasteiger partial charge in [-0.1, -0.05) is 19.9 Å². The lowest BCUT2D eigenvalue weighted by molar-refractivity contribution is -0.149. The van der Waals surface area contributed by atoms with Gasteiger partial charge in [0.05, 0.1) is 63.0 Å². The Hall–Kier alpha value is -3.68. The number of hydrogen-bond donors (Lipinski definition) is 5. The van der Waals surface area contributed by atoms with Gasteiger partial charge in [0.15, 0.2) is 6.29 Å². The summed E-state index contributed by atoms with van der Waals surface area (Å²) in [5.41, 5.74) is 8.66. The minimum absolute atomic E-state index is 0.156. The Morgan fingerprint density at radius 1 is 0.982 bits per heavy atom. The maximum Gasteiger partial charge on any atom is 0.269 e. The third-order valence-electron chi connectivity index (χ3n) is 12.8. The average molecular weight is 774 g/mol. The molecule has 7 rings (SSSR count). The van der Waals surface area contributed by atoms with Gasteiger partial charge in [-0.05, 0) is 130 Å². The third-order valence-corrected chi connectivity index (χ3v) is 12.8. The Morgan fingerprint density at radius 2 is 1.64 bits per heavy atom. The number of benzene rings is 2. The second-order valence-electron chi connectivity index (χ2n) is 17.8. The van der Waals surface area contributed by atoms with Crippen LogP contribution in [0.4, 0.5) is 11.4 Å². The van der Waals surface area contributed by atoms with Gasteiger partial charge >= 0.3 is 0 Å². The zero-order valence-corrected chi connectivity index (χ0v) is 34.3. The van der Waals surface area contributed by atoms with Crippen LogP contribution in [-0.2, 0) is 23.7 Å². The highest BCUT2D eigenvalue weighted by molar-refractivity contribution is 6.43. The number of ether oxygens (including phenoxy) is 6. The van der Waals surface area contributed by atoms with E-state index in [0.29, 0.717) is 85.9 Å². The summed E-state index contributed by atoms with van der Waals surface area (Å²) in [7, 11) is 3.22. The Bertz CT molecular complexity index is 1740. The molecule has 6 atom stereocenters. The number of rotatable bonds is 20. The fourth-order valence-corrected chi connectivity index (χ4v) is 11.0. The van der Waals surface area contributed by atoms with Gasteiger partial charge in [-0.2, -0.15) is 0 Å². The Morgan fingerprint density at radius 3 is 2.25 bits per heavy atom. The molecule has 4 aliphatic carbocycles. The molecule has 0 aromatic heterocycles. The lowest BCUT2D eigenvalue weighted by Crippen LogP contribution is -2.76. The molecule has 1 aliphatic heterocycles. The highest BCUT2D eigenvalue weighted by atomic mass is 16.8. The Kier molecular flexibility index (Phi) is 11.8. The van der Waals surface area contributed by atoms with Crippen molar-refractivity contribution in [2.24, 2.45) is 34.8 Å². The number of amides is 1.